The summed E-state index contributed by atoms with van der Waals surface area (Å²) in [5.74, 6) is 2.70. The number of hydrogen-bond acceptors (Lipinski definition) is 4. The molecule has 0 radical (unpaired) electrons. The summed E-state index contributed by atoms with van der Waals surface area (Å²) < 4.78 is 10.6. The lowest BCUT2D eigenvalue weighted by Gasteiger charge is -2.24. The van der Waals surface area contributed by atoms with Crippen molar-refractivity contribution in [1.82, 2.24) is 10.2 Å². The van der Waals surface area contributed by atoms with Gasteiger partial charge in [0.25, 0.3) is 0 Å². The van der Waals surface area contributed by atoms with Crippen LogP contribution in [-0.2, 0) is 5.60 Å². The summed E-state index contributed by atoms with van der Waals surface area (Å²) in [4.78, 5) is 6.94. The van der Waals surface area contributed by atoms with Crippen LogP contribution >= 0.6 is 0 Å². The number of ether oxygens (including phenoxy) is 1. The van der Waals surface area contributed by atoms with Gasteiger partial charge in [0.1, 0.15) is 17.1 Å². The summed E-state index contributed by atoms with van der Waals surface area (Å²) in [6.45, 7) is 6.64. The van der Waals surface area contributed by atoms with Gasteiger partial charge in [-0.2, -0.15) is 0 Å². The van der Waals surface area contributed by atoms with E-state index in [-0.39, 0.29) is 6.54 Å². The summed E-state index contributed by atoms with van der Waals surface area (Å²) in [6.07, 6.45) is 2.64. The lowest BCUT2D eigenvalue weighted by Crippen LogP contribution is -2.41. The maximum atomic E-state index is 10.7. The fourth-order valence-corrected chi connectivity index (χ4v) is 3.42. The largest absolute Gasteiger partial charge is 0.497 e. The van der Waals surface area contributed by atoms with Crippen LogP contribution in [0.5, 0.6) is 5.75 Å². The first kappa shape index (κ1) is 19.3. The van der Waals surface area contributed by atoms with Gasteiger partial charge in [0.2, 0.25) is 0 Å². The zero-order chi connectivity index (χ0) is 19.3. The molecule has 2 N–H and O–H groups in total. The Morgan fingerprint density at radius 1 is 1.37 bits per heavy atom. The van der Waals surface area contributed by atoms with Crippen LogP contribution in [-0.4, -0.2) is 49.3 Å². The van der Waals surface area contributed by atoms with Gasteiger partial charge in [-0.15, -0.1) is 0 Å². The van der Waals surface area contributed by atoms with Gasteiger partial charge in [-0.05, 0) is 50.1 Å². The summed E-state index contributed by atoms with van der Waals surface area (Å²) in [6, 6.07) is 11.9. The van der Waals surface area contributed by atoms with Crippen LogP contribution in [0.25, 0.3) is 0 Å². The molecule has 1 aliphatic rings. The second kappa shape index (κ2) is 8.48. The number of furan rings is 1. The Bertz CT molecular complexity index is 739. The smallest absolute Gasteiger partial charge is 0.194 e. The SMILES string of the molecule is CCNC(=NCC(C)(O)c1ccco1)N1CCC(c2ccc(OC)cc2)C1. The number of nitrogens with zero attached hydrogens (tertiary/aromatic N) is 2. The molecule has 2 unspecified atom stereocenters. The number of aliphatic hydroxyl groups is 1. The molecule has 6 heteroatoms. The maximum absolute atomic E-state index is 10.7. The predicted octanol–water partition coefficient (Wildman–Crippen LogP) is 2.95. The molecular formula is C21H29N3O3. The fraction of sp³-hybridized carbons (Fsp3) is 0.476. The molecule has 0 spiro atoms. The van der Waals surface area contributed by atoms with E-state index in [0.29, 0.717) is 11.7 Å². The van der Waals surface area contributed by atoms with E-state index < -0.39 is 5.60 Å². The highest BCUT2D eigenvalue weighted by atomic mass is 16.5. The average molecular weight is 371 g/mol. The molecule has 0 saturated carbocycles. The fourth-order valence-electron chi connectivity index (χ4n) is 3.42. The molecule has 1 fully saturated rings. The molecule has 0 aliphatic carbocycles. The number of guanidine groups is 1. The standard InChI is InChI=1S/C21H29N3O3/c1-4-22-20(23-15-21(2,25)19-6-5-13-27-19)24-12-11-17(14-24)16-7-9-18(26-3)10-8-16/h5-10,13,17,25H,4,11-12,14-15H2,1-3H3,(H,22,23). The lowest BCUT2D eigenvalue weighted by atomic mass is 9.98. The highest BCUT2D eigenvalue weighted by Gasteiger charge is 2.29. The quantitative estimate of drug-likeness (QED) is 0.603. The second-order valence-electron chi connectivity index (χ2n) is 7.13. The van der Waals surface area contributed by atoms with Gasteiger partial charge in [-0.25, -0.2) is 4.99 Å². The molecule has 2 heterocycles. The molecule has 1 aromatic carbocycles. The first-order valence-corrected chi connectivity index (χ1v) is 9.47. The molecule has 0 amide bonds. The zero-order valence-corrected chi connectivity index (χ0v) is 16.3. The van der Waals surface area contributed by atoms with Crippen LogP contribution in [0.2, 0.25) is 0 Å². The minimum absolute atomic E-state index is 0.243. The number of methoxy groups -OCH3 is 1. The number of likely N-dealkylation sites (tertiary alicyclic amines) is 1. The molecule has 2 atom stereocenters. The molecule has 1 saturated heterocycles. The van der Waals surface area contributed by atoms with Crippen LogP contribution in [0.4, 0.5) is 0 Å². The molecule has 1 aliphatic heterocycles. The molecule has 2 aromatic rings. The number of aliphatic imine (C=N–C) groups is 1. The highest BCUT2D eigenvalue weighted by Crippen LogP contribution is 2.29. The van der Waals surface area contributed by atoms with Crippen molar-refractivity contribution in [1.29, 1.82) is 0 Å². The van der Waals surface area contributed by atoms with Crippen molar-refractivity contribution in [3.05, 3.63) is 54.0 Å². The normalized spacial score (nSPS) is 19.8. The van der Waals surface area contributed by atoms with Crippen LogP contribution in [0, 0.1) is 0 Å². The summed E-state index contributed by atoms with van der Waals surface area (Å²) in [5.41, 5.74) is 0.191. The van der Waals surface area contributed by atoms with E-state index in [0.717, 1.165) is 37.8 Å². The van der Waals surface area contributed by atoms with Gasteiger partial charge in [0, 0.05) is 25.6 Å². The molecule has 146 valence electrons. The summed E-state index contributed by atoms with van der Waals surface area (Å²) in [7, 11) is 1.68. The molecule has 27 heavy (non-hydrogen) atoms. The van der Waals surface area contributed by atoms with Crippen molar-refractivity contribution in [2.24, 2.45) is 4.99 Å². The third kappa shape index (κ3) is 4.63. The van der Waals surface area contributed by atoms with Gasteiger partial charge < -0.3 is 24.5 Å². The minimum atomic E-state index is -1.13. The van der Waals surface area contributed by atoms with E-state index in [9.17, 15) is 5.11 Å². The van der Waals surface area contributed by atoms with Crippen molar-refractivity contribution >= 4 is 5.96 Å². The van der Waals surface area contributed by atoms with E-state index in [1.54, 1.807) is 32.4 Å². The lowest BCUT2D eigenvalue weighted by molar-refractivity contribution is 0.0435. The molecule has 0 bridgehead atoms. The van der Waals surface area contributed by atoms with Crippen LogP contribution in [0.3, 0.4) is 0 Å². The van der Waals surface area contributed by atoms with E-state index >= 15 is 0 Å². The van der Waals surface area contributed by atoms with Gasteiger partial charge in [-0.1, -0.05) is 12.1 Å². The topological polar surface area (TPSA) is 70.2 Å². The Hall–Kier alpha value is -2.47. The van der Waals surface area contributed by atoms with Crippen LogP contribution in [0.15, 0.2) is 52.1 Å². The maximum Gasteiger partial charge on any atom is 0.194 e. The average Bonchev–Trinajstić information content (AvgIpc) is 3.37. The first-order valence-electron chi connectivity index (χ1n) is 9.47. The van der Waals surface area contributed by atoms with Crippen LogP contribution < -0.4 is 10.1 Å². The van der Waals surface area contributed by atoms with E-state index in [2.05, 4.69) is 34.3 Å². The zero-order valence-electron chi connectivity index (χ0n) is 16.3. The van der Waals surface area contributed by atoms with Crippen molar-refractivity contribution in [3.63, 3.8) is 0 Å². The third-order valence-electron chi connectivity index (χ3n) is 5.00. The molecule has 3 rings (SSSR count). The van der Waals surface area contributed by atoms with E-state index in [1.165, 1.54) is 5.56 Å². The van der Waals surface area contributed by atoms with E-state index in [1.807, 2.05) is 12.1 Å². The van der Waals surface area contributed by atoms with E-state index in [4.69, 9.17) is 9.15 Å². The number of rotatable bonds is 6. The second-order valence-corrected chi connectivity index (χ2v) is 7.13. The van der Waals surface area contributed by atoms with Crippen LogP contribution in [0.1, 0.15) is 37.5 Å². The summed E-state index contributed by atoms with van der Waals surface area (Å²) >= 11 is 0. The Morgan fingerprint density at radius 3 is 2.78 bits per heavy atom. The molecule has 1 aromatic heterocycles. The number of nitrogens with one attached hydrogen (secondary N) is 1. The van der Waals surface area contributed by atoms with Gasteiger partial charge >= 0.3 is 0 Å². The van der Waals surface area contributed by atoms with Gasteiger partial charge in [-0.3, -0.25) is 0 Å². The first-order chi connectivity index (χ1) is 13.0. The highest BCUT2D eigenvalue weighted by molar-refractivity contribution is 5.80. The molecular weight excluding hydrogens is 342 g/mol. The Morgan fingerprint density at radius 2 is 2.15 bits per heavy atom. The van der Waals surface area contributed by atoms with Gasteiger partial charge in [0.15, 0.2) is 5.96 Å². The van der Waals surface area contributed by atoms with Crippen molar-refractivity contribution < 1.29 is 14.3 Å². The summed E-state index contributed by atoms with van der Waals surface area (Å²) in [5, 5.41) is 14.0. The number of benzene rings is 1. The minimum Gasteiger partial charge on any atom is -0.497 e. The monoisotopic (exact) mass is 371 g/mol. The van der Waals surface area contributed by atoms with Crippen molar-refractivity contribution in [2.45, 2.75) is 31.8 Å². The number of hydrogen-bond donors (Lipinski definition) is 2. The predicted molar refractivity (Wildman–Crippen MR) is 106 cm³/mol. The van der Waals surface area contributed by atoms with Crippen molar-refractivity contribution in [3.8, 4) is 5.75 Å². The Labute approximate surface area is 160 Å². The van der Waals surface area contributed by atoms with Gasteiger partial charge in [0.05, 0.1) is 19.9 Å². The Kier molecular flexibility index (Phi) is 6.06. The Balaban J connectivity index is 1.68. The third-order valence-corrected chi connectivity index (χ3v) is 5.00. The molecule has 6 nitrogen and oxygen atoms in total. The van der Waals surface area contributed by atoms with Crippen molar-refractivity contribution in [2.75, 3.05) is 33.3 Å².